The van der Waals surface area contributed by atoms with Crippen LogP contribution in [-0.2, 0) is 104 Å². The van der Waals surface area contributed by atoms with Crippen molar-refractivity contribution in [1.82, 2.24) is 0 Å². The fourth-order valence-electron chi connectivity index (χ4n) is 9.62. The van der Waals surface area contributed by atoms with Gasteiger partial charge in [-0.1, -0.05) is 39.0 Å². The van der Waals surface area contributed by atoms with Crippen LogP contribution in [-0.4, -0.2) is 82.6 Å². The van der Waals surface area contributed by atoms with E-state index in [2.05, 4.69) is 25.1 Å². The van der Waals surface area contributed by atoms with Gasteiger partial charge in [-0.3, -0.25) is 0 Å². The lowest BCUT2D eigenvalue weighted by Gasteiger charge is -2.35. The first-order chi connectivity index (χ1) is 34.9. The minimum atomic E-state index is -1.20. The molecule has 1 unspecified atom stereocenters. The highest BCUT2D eigenvalue weighted by atomic mass is 16.5. The van der Waals surface area contributed by atoms with Gasteiger partial charge in [0.15, 0.2) is 0 Å². The summed E-state index contributed by atoms with van der Waals surface area (Å²) >= 11 is 0. The maximum Gasteiger partial charge on any atom is 0.126 e. The van der Waals surface area contributed by atoms with Gasteiger partial charge in [-0.15, -0.1) is 0 Å². The molecule has 0 fully saturated rings. The van der Waals surface area contributed by atoms with E-state index in [1.807, 2.05) is 39.0 Å². The van der Waals surface area contributed by atoms with Crippen LogP contribution in [0.2, 0.25) is 0 Å². The second kappa shape index (κ2) is 25.1. The van der Waals surface area contributed by atoms with Crippen LogP contribution >= 0.6 is 0 Å². The number of aliphatic hydroxyl groups is 6. The SMILES string of the molecule is CC(c1cc(CO)c(O)c(CO)c1)(c1cc(CO)c(O)c(CO)c1)c1cc(CO)c(O)c(CO)c1.CCc1cc(C(C)(c2cc(CC)c(O)c(COC)c2)c2cc(COC)c(O)c(COC)c2)cc(CC)c1O. The number of methoxy groups -OCH3 is 3. The van der Waals surface area contributed by atoms with Crippen LogP contribution in [0, 0.1) is 0 Å². The van der Waals surface area contributed by atoms with Crippen LogP contribution < -0.4 is 0 Å². The maximum absolute atomic E-state index is 11.0. The Bertz CT molecular complexity index is 2600. The van der Waals surface area contributed by atoms with Crippen LogP contribution in [0.4, 0.5) is 0 Å². The molecular formula is C58H72O15. The summed E-state index contributed by atoms with van der Waals surface area (Å²) in [5.41, 5.74) is 7.94. The summed E-state index contributed by atoms with van der Waals surface area (Å²) in [6, 6.07) is 21.3. The highest BCUT2D eigenvalue weighted by Gasteiger charge is 2.37. The molecule has 6 rings (SSSR count). The molecule has 15 heteroatoms. The summed E-state index contributed by atoms with van der Waals surface area (Å²) in [7, 11) is 4.83. The van der Waals surface area contributed by atoms with Crippen molar-refractivity contribution in [2.45, 2.75) is 124 Å². The van der Waals surface area contributed by atoms with Gasteiger partial charge in [-0.05, 0) is 138 Å². The third kappa shape index (κ3) is 11.5. The normalized spacial score (nSPS) is 12.4. The number of rotatable bonds is 21. The summed E-state index contributed by atoms with van der Waals surface area (Å²) in [4.78, 5) is 0. The largest absolute Gasteiger partial charge is 0.507 e. The highest BCUT2D eigenvalue weighted by molar-refractivity contribution is 5.62. The molecule has 0 aromatic heterocycles. The molecule has 1 atom stereocenters. The summed E-state index contributed by atoms with van der Waals surface area (Å²) in [6.45, 7) is 7.61. The molecule has 0 radical (unpaired) electrons. The van der Waals surface area contributed by atoms with E-state index in [4.69, 9.17) is 14.2 Å². The molecule has 15 nitrogen and oxygen atoms in total. The third-order valence-electron chi connectivity index (χ3n) is 14.1. The van der Waals surface area contributed by atoms with Crippen LogP contribution in [0.5, 0.6) is 34.5 Å². The quantitative estimate of drug-likeness (QED) is 0.0313. The predicted molar refractivity (Wildman–Crippen MR) is 276 cm³/mol. The molecule has 0 saturated heterocycles. The van der Waals surface area contributed by atoms with Crippen LogP contribution in [0.15, 0.2) is 72.8 Å². The lowest BCUT2D eigenvalue weighted by Crippen LogP contribution is -2.27. The van der Waals surface area contributed by atoms with E-state index < -0.39 is 50.5 Å². The Morgan fingerprint density at radius 2 is 0.438 bits per heavy atom. The first kappa shape index (κ1) is 57.7. The fraction of sp³-hybridized carbons (Fsp3) is 0.379. The molecule has 0 heterocycles. The zero-order valence-electron chi connectivity index (χ0n) is 43.0. The van der Waals surface area contributed by atoms with Gasteiger partial charge in [0.1, 0.15) is 34.5 Å². The van der Waals surface area contributed by atoms with Gasteiger partial charge >= 0.3 is 0 Å². The van der Waals surface area contributed by atoms with Crippen molar-refractivity contribution < 1.29 is 75.5 Å². The van der Waals surface area contributed by atoms with Crippen molar-refractivity contribution in [2.75, 3.05) is 21.3 Å². The zero-order chi connectivity index (χ0) is 53.9. The minimum absolute atomic E-state index is 0.143. The van der Waals surface area contributed by atoms with Gasteiger partial charge in [0.05, 0.1) is 59.5 Å². The van der Waals surface area contributed by atoms with Crippen molar-refractivity contribution in [1.29, 1.82) is 0 Å². The van der Waals surface area contributed by atoms with E-state index in [0.717, 1.165) is 33.4 Å². The molecule has 0 amide bonds. The molecule has 12 N–H and O–H groups in total. The zero-order valence-corrected chi connectivity index (χ0v) is 43.0. The minimum Gasteiger partial charge on any atom is -0.507 e. The monoisotopic (exact) mass is 1010 g/mol. The van der Waals surface area contributed by atoms with E-state index in [-0.39, 0.29) is 81.9 Å². The van der Waals surface area contributed by atoms with E-state index in [9.17, 15) is 61.3 Å². The van der Waals surface area contributed by atoms with E-state index in [0.29, 0.717) is 58.4 Å². The number of aliphatic hydroxyl groups excluding tert-OH is 6. The van der Waals surface area contributed by atoms with Gasteiger partial charge in [-0.2, -0.15) is 0 Å². The molecule has 73 heavy (non-hydrogen) atoms. The topological polar surface area (TPSA) is 270 Å². The summed E-state index contributed by atoms with van der Waals surface area (Å²) < 4.78 is 16.3. The van der Waals surface area contributed by atoms with Crippen molar-refractivity contribution in [3.05, 3.63) is 173 Å². The molecule has 6 aromatic rings. The number of ether oxygens (including phenoxy) is 3. The summed E-state index contributed by atoms with van der Waals surface area (Å²) in [5.74, 6) is -0.0494. The number of aryl methyl sites for hydroxylation is 3. The molecule has 0 saturated carbocycles. The Morgan fingerprint density at radius 1 is 0.288 bits per heavy atom. The van der Waals surface area contributed by atoms with E-state index in [1.165, 1.54) is 36.4 Å². The molecule has 394 valence electrons. The highest BCUT2D eigenvalue weighted by Crippen LogP contribution is 2.47. The van der Waals surface area contributed by atoms with Gasteiger partial charge in [-0.25, -0.2) is 0 Å². The van der Waals surface area contributed by atoms with Crippen LogP contribution in [0.25, 0.3) is 0 Å². The number of aromatic hydroxyl groups is 6. The Labute approximate surface area is 427 Å². The summed E-state index contributed by atoms with van der Waals surface area (Å²) in [5, 5.41) is 123. The smallest absolute Gasteiger partial charge is 0.126 e. The Kier molecular flexibility index (Phi) is 19.8. The van der Waals surface area contributed by atoms with Crippen molar-refractivity contribution in [3.63, 3.8) is 0 Å². The van der Waals surface area contributed by atoms with Crippen LogP contribution in [0.3, 0.4) is 0 Å². The standard InChI is InChI=1S/C32H42O6.C26H30O9/c1-8-20-11-26(12-21(9-2)29(20)33)32(4,27-13-22(10-3)30(34)23(14-27)17-36-5)28-15-24(18-37-6)31(35)25(16-28)19-38-7;1-26(20-2-14(8-27)23(33)15(3-20)9-28,21-4-16(10-29)24(34)17(5-21)11-30)22-6-18(12-31)25(35)19(7-22)13-32/h11-16,33-35H,8-10,17-19H2,1-7H3;2-7,27-35H,8-13H2,1H3. The van der Waals surface area contributed by atoms with Crippen molar-refractivity contribution in [2.24, 2.45) is 0 Å². The lowest BCUT2D eigenvalue weighted by molar-refractivity contribution is 0.174. The Balaban J connectivity index is 0.000000272. The Morgan fingerprint density at radius 3 is 0.616 bits per heavy atom. The molecule has 0 aliphatic carbocycles. The second-order valence-corrected chi connectivity index (χ2v) is 18.4. The van der Waals surface area contributed by atoms with Gasteiger partial charge in [0.25, 0.3) is 0 Å². The van der Waals surface area contributed by atoms with E-state index in [1.54, 1.807) is 28.3 Å². The molecule has 6 aromatic carbocycles. The number of hydrogen-bond donors (Lipinski definition) is 12. The van der Waals surface area contributed by atoms with Crippen molar-refractivity contribution in [3.8, 4) is 34.5 Å². The fourth-order valence-corrected chi connectivity index (χ4v) is 9.62. The molecule has 0 spiro atoms. The first-order valence-corrected chi connectivity index (χ1v) is 24.1. The average Bonchev–Trinajstić information content (AvgIpc) is 3.40. The second-order valence-electron chi connectivity index (χ2n) is 18.4. The molecular weight excluding hydrogens is 937 g/mol. The maximum atomic E-state index is 11.0. The first-order valence-electron chi connectivity index (χ1n) is 24.1. The molecule has 0 aliphatic heterocycles. The van der Waals surface area contributed by atoms with Crippen molar-refractivity contribution >= 4 is 0 Å². The predicted octanol–water partition coefficient (Wildman–Crippen LogP) is 7.40. The lowest BCUT2D eigenvalue weighted by atomic mass is 9.68. The molecule has 0 aliphatic rings. The number of benzene rings is 6. The number of hydrogen-bond acceptors (Lipinski definition) is 15. The van der Waals surface area contributed by atoms with Gasteiger partial charge in [0.2, 0.25) is 0 Å². The number of phenolic OH excluding ortho intramolecular Hbond substituents is 3. The van der Waals surface area contributed by atoms with E-state index >= 15 is 0 Å². The molecule has 0 bridgehead atoms. The van der Waals surface area contributed by atoms with Crippen LogP contribution in [0.1, 0.15) is 135 Å². The Hall–Kier alpha value is -6.24. The van der Waals surface area contributed by atoms with Gasteiger partial charge < -0.3 is 75.5 Å². The number of phenols is 6. The average molecular weight is 1010 g/mol. The third-order valence-corrected chi connectivity index (χ3v) is 14.1. The summed E-state index contributed by atoms with van der Waals surface area (Å²) in [6.07, 6.45) is 2.03. The van der Waals surface area contributed by atoms with Gasteiger partial charge in [0, 0.05) is 82.2 Å².